The molecule has 3 aromatic rings. The summed E-state index contributed by atoms with van der Waals surface area (Å²) in [5, 5.41) is 11.1. The summed E-state index contributed by atoms with van der Waals surface area (Å²) in [7, 11) is -7.91. The highest BCUT2D eigenvalue weighted by atomic mass is 35.5. The molecule has 4 atom stereocenters. The van der Waals surface area contributed by atoms with Gasteiger partial charge in [-0.2, -0.15) is 0 Å². The number of aromatic nitrogens is 1. The van der Waals surface area contributed by atoms with Gasteiger partial charge in [0.2, 0.25) is 27.6 Å². The number of nitrogens with two attached hydrogens (primary N) is 1. The van der Waals surface area contributed by atoms with Gasteiger partial charge in [0.25, 0.3) is 5.89 Å². The number of fused-ring (bicyclic) bond motifs is 1. The Morgan fingerprint density at radius 2 is 1.80 bits per heavy atom. The van der Waals surface area contributed by atoms with E-state index in [-0.39, 0.29) is 31.8 Å². The van der Waals surface area contributed by atoms with Crippen molar-refractivity contribution >= 4 is 60.2 Å². The van der Waals surface area contributed by atoms with Crippen LogP contribution in [0.2, 0.25) is 5.02 Å². The second kappa shape index (κ2) is 16.8. The van der Waals surface area contributed by atoms with E-state index in [9.17, 15) is 36.3 Å². The number of halogens is 1. The van der Waals surface area contributed by atoms with Crippen LogP contribution in [0.1, 0.15) is 48.4 Å². The first-order valence-electron chi connectivity index (χ1n) is 15.6. The van der Waals surface area contributed by atoms with Crippen LogP contribution in [0.3, 0.4) is 0 Å². The van der Waals surface area contributed by atoms with E-state index in [0.29, 0.717) is 41.1 Å². The number of hydrogen-bond donors (Lipinski definition) is 4. The first-order chi connectivity index (χ1) is 23.2. The largest absolute Gasteiger partial charge is 0.434 e. The van der Waals surface area contributed by atoms with Crippen LogP contribution in [0.25, 0.3) is 11.1 Å². The number of unbranched alkanes of at least 4 members (excludes halogenated alkanes) is 1. The molecular weight excluding hydrogens is 698 g/mol. The Morgan fingerprint density at radius 3 is 2.45 bits per heavy atom. The molecule has 1 fully saturated rings. The third kappa shape index (κ3) is 10.4. The van der Waals surface area contributed by atoms with Gasteiger partial charge in [0, 0.05) is 11.6 Å². The van der Waals surface area contributed by atoms with Gasteiger partial charge >= 0.3 is 0 Å². The number of para-hydroxylation sites is 2. The predicted molar refractivity (Wildman–Crippen MR) is 184 cm³/mol. The first kappa shape index (κ1) is 38.1. The summed E-state index contributed by atoms with van der Waals surface area (Å²) >= 11 is 5.96. The molecule has 0 aliphatic carbocycles. The zero-order chi connectivity index (χ0) is 35.8. The van der Waals surface area contributed by atoms with Gasteiger partial charge in [0.15, 0.2) is 15.4 Å². The molecule has 1 saturated heterocycles. The van der Waals surface area contributed by atoms with E-state index in [1.54, 1.807) is 48.5 Å². The van der Waals surface area contributed by atoms with Gasteiger partial charge in [-0.3, -0.25) is 14.4 Å². The molecule has 17 heteroatoms. The average molecular weight is 738 g/mol. The molecule has 1 aromatic heterocycles. The van der Waals surface area contributed by atoms with Gasteiger partial charge in [-0.05, 0) is 68.5 Å². The molecule has 2 amide bonds. The normalized spacial score (nSPS) is 18.2. The van der Waals surface area contributed by atoms with Crippen molar-refractivity contribution in [2.75, 3.05) is 26.0 Å². The Kier molecular flexibility index (Phi) is 13.1. The van der Waals surface area contributed by atoms with E-state index in [1.165, 1.54) is 12.2 Å². The number of hydrogen-bond acceptors (Lipinski definition) is 11. The van der Waals surface area contributed by atoms with Crippen molar-refractivity contribution in [2.45, 2.75) is 61.2 Å². The fourth-order valence-electron chi connectivity index (χ4n) is 5.60. The third-order valence-corrected chi connectivity index (χ3v) is 11.1. The fourth-order valence-corrected chi connectivity index (χ4v) is 8.20. The number of aliphatic hydroxyl groups is 1. The summed E-state index contributed by atoms with van der Waals surface area (Å²) in [6, 6.07) is 9.04. The Labute approximate surface area is 290 Å². The summed E-state index contributed by atoms with van der Waals surface area (Å²) in [4.78, 5) is 46.9. The highest BCUT2D eigenvalue weighted by molar-refractivity contribution is 7.91. The number of aliphatic hydroxyl groups excluding tert-OH is 1. The molecule has 0 spiro atoms. The van der Waals surface area contributed by atoms with E-state index in [0.717, 1.165) is 11.2 Å². The van der Waals surface area contributed by atoms with Crippen molar-refractivity contribution in [1.82, 2.24) is 19.9 Å². The minimum atomic E-state index is -3.97. The number of carbonyl (C=O) groups excluding carboxylic acids is 3. The Balaban J connectivity index is 1.66. The first-order valence-corrected chi connectivity index (χ1v) is 19.6. The van der Waals surface area contributed by atoms with Crippen LogP contribution in [0, 0.1) is 0 Å². The molecule has 1 aliphatic heterocycles. The minimum Gasteiger partial charge on any atom is -0.434 e. The van der Waals surface area contributed by atoms with Crippen LogP contribution >= 0.6 is 11.6 Å². The number of Topliss-reactive ketones (excluding diaryl/α,β-unsaturated/α-hetero) is 1. The van der Waals surface area contributed by atoms with Gasteiger partial charge < -0.3 is 25.5 Å². The molecule has 0 saturated carbocycles. The Morgan fingerprint density at radius 1 is 1.08 bits per heavy atom. The molecule has 0 unspecified atom stereocenters. The molecule has 5 N–H and O–H groups in total. The summed E-state index contributed by atoms with van der Waals surface area (Å²) in [5.74, 6) is -2.88. The van der Waals surface area contributed by atoms with Crippen molar-refractivity contribution in [3.63, 3.8) is 0 Å². The van der Waals surface area contributed by atoms with Gasteiger partial charge in [0.1, 0.15) is 17.6 Å². The highest BCUT2D eigenvalue weighted by Gasteiger charge is 2.47. The molecule has 49 heavy (non-hydrogen) atoms. The summed E-state index contributed by atoms with van der Waals surface area (Å²) < 4.78 is 59.6. The Bertz CT molecular complexity index is 1850. The van der Waals surface area contributed by atoms with Gasteiger partial charge in [-0.15, -0.1) is 0 Å². The molecule has 266 valence electrons. The zero-order valence-corrected chi connectivity index (χ0v) is 29.2. The molecule has 1 aliphatic rings. The van der Waals surface area contributed by atoms with Crippen LogP contribution in [0.15, 0.2) is 65.1 Å². The average Bonchev–Trinajstić information content (AvgIpc) is 3.70. The third-order valence-electron chi connectivity index (χ3n) is 8.02. The number of carbonyl (C=O) groups is 3. The number of sulfonamides is 1. The number of likely N-dealkylation sites (tertiary alicyclic amines) is 1. The standard InChI is InChI=1S/C32H40ClN5O9S2/c1-48(43,44)37-26(10-5-7-17-39)32(42)38-19-23(49(45,46)20-21-12-14-22(33)15-13-21)18-27(38)30(41)35-25(9-4-6-16-34)29(40)31-36-24-8-2-3-11-28(24)47-31/h2-3,5,7-8,11-15,23,25-27,37,39H,4,6,9-10,16-20,34H2,1H3,(H,35,41)/t23-,25+,26-,27+/m1/s1. The SMILES string of the molecule is CS(=O)(=O)N[C@H](CC=CCO)C(=O)N1C[C@H](S(=O)(=O)Cc2ccc(Cl)cc2)C[C@H]1C(=O)N[C@@H](CCCCN)C(=O)c1nc2ccccc2o1. The van der Waals surface area contributed by atoms with Crippen molar-refractivity contribution in [1.29, 1.82) is 0 Å². The maximum Gasteiger partial charge on any atom is 0.266 e. The van der Waals surface area contributed by atoms with Crippen molar-refractivity contribution in [3.05, 3.63) is 77.2 Å². The van der Waals surface area contributed by atoms with Crippen LogP contribution in [-0.4, -0.2) is 98.8 Å². The summed E-state index contributed by atoms with van der Waals surface area (Å²) in [5.41, 5.74) is 6.93. The van der Waals surface area contributed by atoms with Crippen LogP contribution in [0.4, 0.5) is 0 Å². The van der Waals surface area contributed by atoms with Gasteiger partial charge in [0.05, 0.1) is 29.9 Å². The maximum atomic E-state index is 14.0. The number of rotatable bonds is 17. The van der Waals surface area contributed by atoms with E-state index >= 15 is 0 Å². The molecule has 4 rings (SSSR count). The van der Waals surface area contributed by atoms with Gasteiger partial charge in [-0.25, -0.2) is 26.5 Å². The van der Waals surface area contributed by atoms with Crippen molar-refractivity contribution in [3.8, 4) is 0 Å². The lowest BCUT2D eigenvalue weighted by Crippen LogP contribution is -2.55. The van der Waals surface area contributed by atoms with E-state index in [4.69, 9.17) is 21.8 Å². The topological polar surface area (TPSA) is 219 Å². The number of sulfone groups is 1. The molecule has 0 radical (unpaired) electrons. The Hall–Kier alpha value is -3.67. The number of amides is 2. The van der Waals surface area contributed by atoms with Crippen LogP contribution < -0.4 is 15.8 Å². The number of nitrogens with zero attached hydrogens (tertiary/aromatic N) is 2. The predicted octanol–water partition coefficient (Wildman–Crippen LogP) is 1.72. The summed E-state index contributed by atoms with van der Waals surface area (Å²) in [6.45, 7) is -0.427. The number of ketones is 1. The lowest BCUT2D eigenvalue weighted by Gasteiger charge is -2.29. The van der Waals surface area contributed by atoms with E-state index < -0.39 is 73.1 Å². The molecular formula is C32H40ClN5O9S2. The second-order valence-corrected chi connectivity index (χ2v) is 16.3. The number of oxazole rings is 1. The quantitative estimate of drug-likeness (QED) is 0.0888. The van der Waals surface area contributed by atoms with Gasteiger partial charge in [-0.1, -0.05) is 48.0 Å². The number of nitrogens with one attached hydrogen (secondary N) is 2. The molecule has 0 bridgehead atoms. The monoisotopic (exact) mass is 737 g/mol. The minimum absolute atomic E-state index is 0.156. The number of benzene rings is 2. The molecule has 14 nitrogen and oxygen atoms in total. The molecule has 2 heterocycles. The maximum absolute atomic E-state index is 14.0. The lowest BCUT2D eigenvalue weighted by molar-refractivity contribution is -0.139. The molecule has 2 aromatic carbocycles. The van der Waals surface area contributed by atoms with Crippen LogP contribution in [0.5, 0.6) is 0 Å². The smallest absolute Gasteiger partial charge is 0.266 e. The van der Waals surface area contributed by atoms with Crippen molar-refractivity contribution < 1.29 is 40.7 Å². The lowest BCUT2D eigenvalue weighted by atomic mass is 10.0. The van der Waals surface area contributed by atoms with Crippen molar-refractivity contribution in [2.24, 2.45) is 5.73 Å². The fraction of sp³-hybridized carbons (Fsp3) is 0.438. The van der Waals surface area contributed by atoms with E-state index in [2.05, 4.69) is 15.0 Å². The summed E-state index contributed by atoms with van der Waals surface area (Å²) in [6.07, 6.45) is 4.25. The van der Waals surface area contributed by atoms with Crippen LogP contribution in [-0.2, 0) is 35.2 Å². The second-order valence-electron chi connectivity index (χ2n) is 11.8. The zero-order valence-electron chi connectivity index (χ0n) is 26.8. The van der Waals surface area contributed by atoms with E-state index in [1.807, 2.05) is 0 Å². The highest BCUT2D eigenvalue weighted by Crippen LogP contribution is 2.28.